The number of nitrogens with zero attached hydrogens (tertiary/aromatic N) is 2. The Labute approximate surface area is 187 Å². The molecule has 0 atom stereocenters. The van der Waals surface area contributed by atoms with E-state index in [1.807, 2.05) is 0 Å². The Bertz CT molecular complexity index is 1130. The number of carbonyl (C=O) groups is 1. The molecule has 0 N–H and O–H groups in total. The summed E-state index contributed by atoms with van der Waals surface area (Å²) >= 11 is 0. The molecule has 9 heteroatoms. The van der Waals surface area contributed by atoms with E-state index in [-0.39, 0.29) is 43.6 Å². The molecule has 32 heavy (non-hydrogen) atoms. The van der Waals surface area contributed by atoms with Crippen LogP contribution < -0.4 is 9.47 Å². The summed E-state index contributed by atoms with van der Waals surface area (Å²) in [6, 6.07) is 9.90. The summed E-state index contributed by atoms with van der Waals surface area (Å²) in [4.78, 5) is 14.2. The molecular weight excluding hydrogens is 435 g/mol. The molecule has 1 aliphatic rings. The van der Waals surface area contributed by atoms with Crippen molar-refractivity contribution in [1.82, 2.24) is 9.21 Å². The van der Waals surface area contributed by atoms with Gasteiger partial charge in [-0.3, -0.25) is 4.79 Å². The minimum Gasteiger partial charge on any atom is -0.493 e. The summed E-state index contributed by atoms with van der Waals surface area (Å²) in [5, 5.41) is 0. The number of benzene rings is 2. The van der Waals surface area contributed by atoms with Crippen molar-refractivity contribution in [3.05, 3.63) is 59.9 Å². The molecule has 0 bridgehead atoms. The SMILES string of the molecule is C#CCOc1ccc(/C=C/C(=O)N2CCN(S(=O)(=O)c3ccc(F)cc3)CC2)cc1OC. The van der Waals surface area contributed by atoms with Crippen LogP contribution in [-0.2, 0) is 14.8 Å². The van der Waals surface area contributed by atoms with Crippen LogP contribution in [0.1, 0.15) is 5.56 Å². The van der Waals surface area contributed by atoms with Crippen LogP contribution in [0.5, 0.6) is 11.5 Å². The van der Waals surface area contributed by atoms with Gasteiger partial charge in [0.2, 0.25) is 15.9 Å². The van der Waals surface area contributed by atoms with E-state index in [0.717, 1.165) is 17.7 Å². The van der Waals surface area contributed by atoms with Gasteiger partial charge in [-0.15, -0.1) is 6.42 Å². The molecule has 0 unspecified atom stereocenters. The zero-order valence-corrected chi connectivity index (χ0v) is 18.3. The number of amides is 1. The van der Waals surface area contributed by atoms with E-state index < -0.39 is 15.8 Å². The fourth-order valence-electron chi connectivity index (χ4n) is 3.20. The molecule has 2 aromatic rings. The molecule has 0 saturated carbocycles. The lowest BCUT2D eigenvalue weighted by Gasteiger charge is -2.33. The predicted octanol–water partition coefficient (Wildman–Crippen LogP) is 2.39. The third-order valence-electron chi connectivity index (χ3n) is 4.92. The number of terminal acetylenes is 1. The maximum absolute atomic E-state index is 13.1. The Kier molecular flexibility index (Phi) is 7.51. The van der Waals surface area contributed by atoms with E-state index in [0.29, 0.717) is 11.5 Å². The first kappa shape index (κ1) is 23.3. The zero-order chi connectivity index (χ0) is 23.1. The van der Waals surface area contributed by atoms with Crippen LogP contribution >= 0.6 is 0 Å². The van der Waals surface area contributed by atoms with Crippen LogP contribution in [0, 0.1) is 18.2 Å². The molecule has 0 spiro atoms. The molecule has 1 saturated heterocycles. The molecule has 2 aromatic carbocycles. The van der Waals surface area contributed by atoms with Gasteiger partial charge in [0.1, 0.15) is 12.4 Å². The Morgan fingerprint density at radius 3 is 2.44 bits per heavy atom. The number of halogens is 1. The predicted molar refractivity (Wildman–Crippen MR) is 118 cm³/mol. The van der Waals surface area contributed by atoms with Crippen LogP contribution in [0.15, 0.2) is 53.4 Å². The minimum atomic E-state index is -3.73. The number of ether oxygens (including phenoxy) is 2. The van der Waals surface area contributed by atoms with Crippen molar-refractivity contribution < 1.29 is 27.1 Å². The van der Waals surface area contributed by atoms with Gasteiger partial charge < -0.3 is 14.4 Å². The fraction of sp³-hybridized carbons (Fsp3) is 0.261. The Balaban J connectivity index is 1.60. The standard InChI is InChI=1S/C23H23FN2O5S/c1-3-16-31-21-10-4-18(17-22(21)30-2)5-11-23(27)25-12-14-26(15-13-25)32(28,29)20-8-6-19(24)7-9-20/h1,4-11,17H,12-16H2,2H3/b11-5+. The summed E-state index contributed by atoms with van der Waals surface area (Å²) < 4.78 is 50.5. The van der Waals surface area contributed by atoms with E-state index in [4.69, 9.17) is 15.9 Å². The summed E-state index contributed by atoms with van der Waals surface area (Å²) in [7, 11) is -2.22. The van der Waals surface area contributed by atoms with Gasteiger partial charge in [-0.1, -0.05) is 12.0 Å². The first-order chi connectivity index (χ1) is 15.3. The maximum atomic E-state index is 13.1. The quantitative estimate of drug-likeness (QED) is 0.471. The van der Waals surface area contributed by atoms with Crippen molar-refractivity contribution in [2.24, 2.45) is 0 Å². The highest BCUT2D eigenvalue weighted by Crippen LogP contribution is 2.28. The second-order valence-corrected chi connectivity index (χ2v) is 8.86. The van der Waals surface area contributed by atoms with Gasteiger partial charge in [-0.25, -0.2) is 12.8 Å². The van der Waals surface area contributed by atoms with E-state index in [1.165, 1.54) is 29.6 Å². The number of sulfonamides is 1. The van der Waals surface area contributed by atoms with Crippen molar-refractivity contribution in [2.45, 2.75) is 4.90 Å². The van der Waals surface area contributed by atoms with Gasteiger partial charge in [0, 0.05) is 32.3 Å². The average molecular weight is 459 g/mol. The number of hydrogen-bond acceptors (Lipinski definition) is 5. The molecule has 0 radical (unpaired) electrons. The first-order valence-electron chi connectivity index (χ1n) is 9.82. The molecule has 1 aliphatic heterocycles. The van der Waals surface area contributed by atoms with Crippen molar-refractivity contribution >= 4 is 22.0 Å². The number of hydrogen-bond donors (Lipinski definition) is 0. The molecule has 3 rings (SSSR count). The topological polar surface area (TPSA) is 76.2 Å². The third-order valence-corrected chi connectivity index (χ3v) is 6.83. The summed E-state index contributed by atoms with van der Waals surface area (Å²) in [6.07, 6.45) is 8.28. The summed E-state index contributed by atoms with van der Waals surface area (Å²) in [5.41, 5.74) is 0.737. The monoisotopic (exact) mass is 458 g/mol. The van der Waals surface area contributed by atoms with Crippen LogP contribution in [0.3, 0.4) is 0 Å². The summed E-state index contributed by atoms with van der Waals surface area (Å²) in [5.74, 6) is 2.66. The van der Waals surface area contributed by atoms with Crippen molar-refractivity contribution in [2.75, 3.05) is 39.9 Å². The largest absolute Gasteiger partial charge is 0.493 e. The van der Waals surface area contributed by atoms with Gasteiger partial charge in [0.25, 0.3) is 0 Å². The smallest absolute Gasteiger partial charge is 0.246 e. The van der Waals surface area contributed by atoms with Crippen LogP contribution in [0.4, 0.5) is 4.39 Å². The highest BCUT2D eigenvalue weighted by Gasteiger charge is 2.29. The molecule has 0 aromatic heterocycles. The molecular formula is C23H23FN2O5S. The lowest BCUT2D eigenvalue weighted by Crippen LogP contribution is -2.50. The van der Waals surface area contributed by atoms with Crippen molar-refractivity contribution in [3.8, 4) is 23.8 Å². The maximum Gasteiger partial charge on any atom is 0.246 e. The number of rotatable bonds is 7. The highest BCUT2D eigenvalue weighted by molar-refractivity contribution is 7.89. The second-order valence-electron chi connectivity index (χ2n) is 6.92. The van der Waals surface area contributed by atoms with Gasteiger partial charge in [0.15, 0.2) is 11.5 Å². The van der Waals surface area contributed by atoms with Crippen molar-refractivity contribution in [3.63, 3.8) is 0 Å². The number of piperazine rings is 1. The fourth-order valence-corrected chi connectivity index (χ4v) is 4.63. The lowest BCUT2D eigenvalue weighted by atomic mass is 10.2. The van der Waals surface area contributed by atoms with Crippen LogP contribution in [0.25, 0.3) is 6.08 Å². The molecule has 7 nitrogen and oxygen atoms in total. The van der Waals surface area contributed by atoms with Gasteiger partial charge in [-0.2, -0.15) is 4.31 Å². The third kappa shape index (κ3) is 5.46. The van der Waals surface area contributed by atoms with Gasteiger partial charge in [-0.05, 0) is 48.0 Å². The van der Waals surface area contributed by atoms with E-state index in [9.17, 15) is 17.6 Å². The second kappa shape index (κ2) is 10.3. The number of carbonyl (C=O) groups excluding carboxylic acids is 1. The lowest BCUT2D eigenvalue weighted by molar-refractivity contribution is -0.127. The average Bonchev–Trinajstić information content (AvgIpc) is 2.81. The molecule has 168 valence electrons. The van der Waals surface area contributed by atoms with Gasteiger partial charge in [0.05, 0.1) is 12.0 Å². The molecule has 0 aliphatic carbocycles. The Morgan fingerprint density at radius 1 is 1.12 bits per heavy atom. The Hall–Kier alpha value is -3.35. The van der Waals surface area contributed by atoms with E-state index in [2.05, 4.69) is 5.92 Å². The van der Waals surface area contributed by atoms with Crippen molar-refractivity contribution in [1.29, 1.82) is 0 Å². The Morgan fingerprint density at radius 2 is 1.81 bits per heavy atom. The normalized spacial score (nSPS) is 14.8. The summed E-state index contributed by atoms with van der Waals surface area (Å²) in [6.45, 7) is 0.952. The van der Waals surface area contributed by atoms with E-state index in [1.54, 1.807) is 29.2 Å². The van der Waals surface area contributed by atoms with Crippen LogP contribution in [-0.4, -0.2) is 63.4 Å². The molecule has 1 heterocycles. The van der Waals surface area contributed by atoms with Gasteiger partial charge >= 0.3 is 0 Å². The zero-order valence-electron chi connectivity index (χ0n) is 17.5. The molecule has 1 amide bonds. The van der Waals surface area contributed by atoms with E-state index >= 15 is 0 Å². The van der Waals surface area contributed by atoms with Crippen LogP contribution in [0.2, 0.25) is 0 Å². The minimum absolute atomic E-state index is 0.0298. The highest BCUT2D eigenvalue weighted by atomic mass is 32.2. The number of methoxy groups -OCH3 is 1. The molecule has 1 fully saturated rings. The first-order valence-corrected chi connectivity index (χ1v) is 11.3.